The summed E-state index contributed by atoms with van der Waals surface area (Å²) in [5, 5.41) is 21.8. The number of carbonyl (C=O) groups is 3. The molecule has 0 unspecified atom stereocenters. The van der Waals surface area contributed by atoms with Crippen LogP contribution in [-0.4, -0.2) is 63.9 Å². The molecule has 0 spiro atoms. The van der Waals surface area contributed by atoms with Gasteiger partial charge in [0.1, 0.15) is 17.5 Å². The van der Waals surface area contributed by atoms with E-state index >= 15 is 4.39 Å². The van der Waals surface area contributed by atoms with Crippen LogP contribution < -0.4 is 0 Å². The van der Waals surface area contributed by atoms with Gasteiger partial charge < -0.3 is 19.7 Å². The molecule has 8 atom stereocenters. The summed E-state index contributed by atoms with van der Waals surface area (Å²) in [5.74, 6) is -4.81. The molecular weight excluding hydrogens is 419 g/mol. The Bertz CT molecular complexity index is 702. The van der Waals surface area contributed by atoms with E-state index in [-0.39, 0.29) is 31.0 Å². The number of ether oxygens (including phenoxy) is 2. The Morgan fingerprint density at radius 2 is 1.72 bits per heavy atom. The van der Waals surface area contributed by atoms with Crippen LogP contribution in [0.2, 0.25) is 0 Å². The molecule has 1 fully saturated rings. The lowest BCUT2D eigenvalue weighted by atomic mass is 9.70. The van der Waals surface area contributed by atoms with Crippen LogP contribution >= 0.6 is 0 Å². The molecule has 0 radical (unpaired) electrons. The topological polar surface area (TPSA) is 110 Å². The maximum Gasteiger partial charge on any atom is 0.351 e. The Morgan fingerprint density at radius 3 is 2.16 bits per heavy atom. The fourth-order valence-electron chi connectivity index (χ4n) is 4.91. The number of hydrogen-bond acceptors (Lipinski definition) is 7. The van der Waals surface area contributed by atoms with E-state index in [0.29, 0.717) is 0 Å². The second-order valence-corrected chi connectivity index (χ2v) is 10.3. The molecule has 2 N–H and O–H groups in total. The third kappa shape index (κ3) is 5.57. The summed E-state index contributed by atoms with van der Waals surface area (Å²) in [6.07, 6.45) is -2.90. The Balaban J connectivity index is 3.61. The van der Waals surface area contributed by atoms with E-state index in [1.807, 2.05) is 13.8 Å². The zero-order chi connectivity index (χ0) is 25.2. The molecule has 0 aromatic heterocycles. The molecule has 0 amide bonds. The predicted octanol–water partition coefficient (Wildman–Crippen LogP) is 3.03. The van der Waals surface area contributed by atoms with Crippen LogP contribution in [0.3, 0.4) is 0 Å². The van der Waals surface area contributed by atoms with E-state index in [1.54, 1.807) is 20.8 Å². The first-order chi connectivity index (χ1) is 14.5. The van der Waals surface area contributed by atoms with E-state index in [0.717, 1.165) is 6.92 Å². The van der Waals surface area contributed by atoms with Gasteiger partial charge in [-0.2, -0.15) is 0 Å². The van der Waals surface area contributed by atoms with Crippen molar-refractivity contribution in [3.8, 4) is 0 Å². The number of carbonyl (C=O) groups excluding carboxylic acids is 3. The third-order valence-electron chi connectivity index (χ3n) is 7.36. The van der Waals surface area contributed by atoms with Gasteiger partial charge >= 0.3 is 5.97 Å². The van der Waals surface area contributed by atoms with Crippen molar-refractivity contribution in [1.29, 1.82) is 0 Å². The number of aliphatic hydroxyl groups is 2. The minimum absolute atomic E-state index is 0.0485. The van der Waals surface area contributed by atoms with Gasteiger partial charge in [0.15, 0.2) is 5.78 Å². The standard InChI is InChI=1S/C24H41FO7/c1-10-18-24(8,30)20(28)15(5)19(27)14(4)12-22(6,31-9)16(13(2)3)11-17(26)23(7,25)21(29)32-18/h13-16,18,20,28,30H,10-12H2,1-9H3/t14-,15+,16+,18-,20-,22-,23+,24-/m1/s1. The maximum atomic E-state index is 15.4. The molecule has 1 rings (SSSR count). The smallest absolute Gasteiger partial charge is 0.351 e. The van der Waals surface area contributed by atoms with Crippen LogP contribution in [0.25, 0.3) is 0 Å². The van der Waals surface area contributed by atoms with Crippen LogP contribution in [0, 0.1) is 23.7 Å². The van der Waals surface area contributed by atoms with Gasteiger partial charge in [-0.15, -0.1) is 0 Å². The van der Waals surface area contributed by atoms with Gasteiger partial charge in [-0.3, -0.25) is 9.59 Å². The summed E-state index contributed by atoms with van der Waals surface area (Å²) in [6.45, 7) is 12.4. The quantitative estimate of drug-likeness (QED) is 0.492. The van der Waals surface area contributed by atoms with Crippen LogP contribution in [0.5, 0.6) is 0 Å². The van der Waals surface area contributed by atoms with E-state index in [1.165, 1.54) is 21.0 Å². The minimum Gasteiger partial charge on any atom is -0.457 e. The highest BCUT2D eigenvalue weighted by molar-refractivity contribution is 6.06. The molecule has 0 aromatic carbocycles. The number of rotatable bonds is 3. The van der Waals surface area contributed by atoms with Crippen molar-refractivity contribution in [2.45, 2.75) is 104 Å². The van der Waals surface area contributed by atoms with Crippen molar-refractivity contribution >= 4 is 17.5 Å². The second kappa shape index (κ2) is 10.3. The number of alkyl halides is 1. The van der Waals surface area contributed by atoms with E-state index < -0.39 is 58.6 Å². The number of hydrogen-bond donors (Lipinski definition) is 2. The molecule has 32 heavy (non-hydrogen) atoms. The number of aliphatic hydroxyl groups excluding tert-OH is 1. The Morgan fingerprint density at radius 1 is 1.19 bits per heavy atom. The van der Waals surface area contributed by atoms with Gasteiger partial charge in [0, 0.05) is 25.4 Å². The number of Topliss-reactive ketones (excluding diaryl/α,β-unsaturated/α-hetero) is 2. The SMILES string of the molecule is CC[C@H]1OC(=O)[C@@](C)(F)C(=O)C[C@@H](C(C)C)[C@](C)(OC)C[C@@H](C)C(=O)[C@H](C)[C@@H](O)[C@]1(C)O. The van der Waals surface area contributed by atoms with Crippen LogP contribution in [-0.2, 0) is 23.9 Å². The summed E-state index contributed by atoms with van der Waals surface area (Å²) in [5.41, 5.74) is -5.94. The maximum absolute atomic E-state index is 15.4. The Kier molecular flexibility index (Phi) is 9.19. The van der Waals surface area contributed by atoms with Crippen molar-refractivity contribution in [3.05, 3.63) is 0 Å². The number of methoxy groups -OCH3 is 1. The van der Waals surface area contributed by atoms with Crippen molar-refractivity contribution in [1.82, 2.24) is 0 Å². The first-order valence-electron chi connectivity index (χ1n) is 11.4. The fourth-order valence-corrected chi connectivity index (χ4v) is 4.91. The summed E-state index contributed by atoms with van der Waals surface area (Å²) in [7, 11) is 1.47. The van der Waals surface area contributed by atoms with Crippen molar-refractivity contribution < 1.29 is 38.5 Å². The molecule has 8 heteroatoms. The first kappa shape index (κ1) is 28.7. The minimum atomic E-state index is -2.94. The number of esters is 1. The van der Waals surface area contributed by atoms with Crippen molar-refractivity contribution in [2.75, 3.05) is 7.11 Å². The molecule has 1 aliphatic heterocycles. The molecule has 1 aliphatic rings. The first-order valence-corrected chi connectivity index (χ1v) is 11.4. The number of halogens is 1. The fraction of sp³-hybridized carbons (Fsp3) is 0.875. The molecule has 0 aliphatic carbocycles. The van der Waals surface area contributed by atoms with Crippen molar-refractivity contribution in [3.63, 3.8) is 0 Å². The van der Waals surface area contributed by atoms with Crippen LogP contribution in [0.4, 0.5) is 4.39 Å². The number of cyclic esters (lactones) is 1. The van der Waals surface area contributed by atoms with Crippen LogP contribution in [0.1, 0.15) is 74.7 Å². The lowest BCUT2D eigenvalue weighted by molar-refractivity contribution is -0.196. The van der Waals surface area contributed by atoms with E-state index in [2.05, 4.69) is 0 Å². The largest absolute Gasteiger partial charge is 0.457 e. The molecule has 0 aromatic rings. The highest BCUT2D eigenvalue weighted by Gasteiger charge is 2.52. The monoisotopic (exact) mass is 460 g/mol. The summed E-state index contributed by atoms with van der Waals surface area (Å²) >= 11 is 0. The van der Waals surface area contributed by atoms with Gasteiger partial charge in [0.25, 0.3) is 5.67 Å². The lowest BCUT2D eigenvalue weighted by Gasteiger charge is -2.43. The molecule has 1 saturated heterocycles. The zero-order valence-corrected chi connectivity index (χ0v) is 20.9. The zero-order valence-electron chi connectivity index (χ0n) is 20.9. The lowest BCUT2D eigenvalue weighted by Crippen LogP contribution is -2.57. The van der Waals surface area contributed by atoms with E-state index in [4.69, 9.17) is 9.47 Å². The molecule has 1 heterocycles. The van der Waals surface area contributed by atoms with E-state index in [9.17, 15) is 24.6 Å². The highest BCUT2D eigenvalue weighted by atomic mass is 19.1. The van der Waals surface area contributed by atoms with Crippen LogP contribution in [0.15, 0.2) is 0 Å². The third-order valence-corrected chi connectivity index (χ3v) is 7.36. The summed E-state index contributed by atoms with van der Waals surface area (Å²) in [4.78, 5) is 38.8. The molecule has 186 valence electrons. The average Bonchev–Trinajstić information content (AvgIpc) is 2.71. The van der Waals surface area contributed by atoms with Gasteiger partial charge in [-0.05, 0) is 45.4 Å². The molecular formula is C24H41FO7. The molecule has 0 bridgehead atoms. The van der Waals surface area contributed by atoms with Crippen molar-refractivity contribution in [2.24, 2.45) is 23.7 Å². The molecule has 7 nitrogen and oxygen atoms in total. The summed E-state index contributed by atoms with van der Waals surface area (Å²) in [6, 6.07) is 0. The highest BCUT2D eigenvalue weighted by Crippen LogP contribution is 2.39. The average molecular weight is 461 g/mol. The second-order valence-electron chi connectivity index (χ2n) is 10.3. The van der Waals surface area contributed by atoms with Gasteiger partial charge in [0.2, 0.25) is 0 Å². The Labute approximate surface area is 191 Å². The van der Waals surface area contributed by atoms with Gasteiger partial charge in [0.05, 0.1) is 11.7 Å². The van der Waals surface area contributed by atoms with Gasteiger partial charge in [-0.1, -0.05) is 34.6 Å². The Hall–Kier alpha value is -1.38. The molecule has 0 saturated carbocycles. The normalized spacial score (nSPS) is 43.2. The summed E-state index contributed by atoms with van der Waals surface area (Å²) < 4.78 is 26.4. The van der Waals surface area contributed by atoms with Gasteiger partial charge in [-0.25, -0.2) is 9.18 Å². The predicted molar refractivity (Wildman–Crippen MR) is 118 cm³/mol. The number of ketones is 2.